The Labute approximate surface area is 134 Å². The number of carbonyl (C=O) groups excluding carboxylic acids is 1. The van der Waals surface area contributed by atoms with Crippen molar-refractivity contribution in [1.29, 1.82) is 0 Å². The first kappa shape index (κ1) is 16.5. The van der Waals surface area contributed by atoms with Crippen LogP contribution in [0.1, 0.15) is 31.4 Å². The molecule has 0 saturated heterocycles. The molecule has 0 fully saturated rings. The first-order valence-electron chi connectivity index (χ1n) is 7.33. The molecule has 6 nitrogen and oxygen atoms in total. The Kier molecular flexibility index (Phi) is 5.54. The molecule has 0 saturated carbocycles. The van der Waals surface area contributed by atoms with Crippen molar-refractivity contribution in [3.63, 3.8) is 0 Å². The van der Waals surface area contributed by atoms with Crippen molar-refractivity contribution >= 4 is 17.7 Å². The summed E-state index contributed by atoms with van der Waals surface area (Å²) in [4.78, 5) is 12.0. The van der Waals surface area contributed by atoms with Gasteiger partial charge in [0.2, 0.25) is 11.1 Å². The smallest absolute Gasteiger partial charge is 0.233 e. The van der Waals surface area contributed by atoms with E-state index in [0.29, 0.717) is 11.7 Å². The van der Waals surface area contributed by atoms with Gasteiger partial charge >= 0.3 is 0 Å². The standard InChI is InChI=1S/C15H21N5OS/c1-5-8-16-14(21)12(4)22-15-17-18-19-20(15)13-7-6-10(2)9-11(13)3/h6-7,9,12H,5,8H2,1-4H3,(H,16,21). The van der Waals surface area contributed by atoms with Gasteiger partial charge < -0.3 is 5.32 Å². The highest BCUT2D eigenvalue weighted by Gasteiger charge is 2.19. The van der Waals surface area contributed by atoms with E-state index < -0.39 is 0 Å². The summed E-state index contributed by atoms with van der Waals surface area (Å²) in [7, 11) is 0. The lowest BCUT2D eigenvalue weighted by atomic mass is 10.1. The second-order valence-electron chi connectivity index (χ2n) is 5.21. The van der Waals surface area contributed by atoms with E-state index >= 15 is 0 Å². The fourth-order valence-corrected chi connectivity index (χ4v) is 2.88. The zero-order chi connectivity index (χ0) is 16.1. The molecule has 0 aliphatic rings. The molecule has 0 aliphatic heterocycles. The summed E-state index contributed by atoms with van der Waals surface area (Å²) in [6, 6.07) is 6.10. The SMILES string of the molecule is CCCNC(=O)C(C)Sc1nnnn1-c1ccc(C)cc1C. The molecule has 1 unspecified atom stereocenters. The highest BCUT2D eigenvalue weighted by Crippen LogP contribution is 2.24. The van der Waals surface area contributed by atoms with Crippen molar-refractivity contribution in [2.45, 2.75) is 44.5 Å². The van der Waals surface area contributed by atoms with E-state index in [4.69, 9.17) is 0 Å². The Hall–Kier alpha value is -1.89. The molecule has 1 heterocycles. The van der Waals surface area contributed by atoms with Gasteiger partial charge in [0.1, 0.15) is 0 Å². The molecule has 2 aromatic rings. The van der Waals surface area contributed by atoms with Crippen LogP contribution in [0.3, 0.4) is 0 Å². The van der Waals surface area contributed by atoms with E-state index in [1.165, 1.54) is 17.3 Å². The van der Waals surface area contributed by atoms with Gasteiger partial charge in [0.15, 0.2) is 0 Å². The number of tetrazole rings is 1. The number of carbonyl (C=O) groups is 1. The summed E-state index contributed by atoms with van der Waals surface area (Å²) in [6.07, 6.45) is 0.920. The van der Waals surface area contributed by atoms with Gasteiger partial charge in [-0.3, -0.25) is 4.79 Å². The molecule has 2 rings (SSSR count). The summed E-state index contributed by atoms with van der Waals surface area (Å²) < 4.78 is 1.68. The molecular formula is C15H21N5OS. The molecule has 0 spiro atoms. The maximum atomic E-state index is 12.0. The van der Waals surface area contributed by atoms with E-state index in [2.05, 4.69) is 26.9 Å². The third-order valence-electron chi connectivity index (χ3n) is 3.22. The molecule has 1 aromatic heterocycles. The van der Waals surface area contributed by atoms with E-state index in [1.807, 2.05) is 39.8 Å². The van der Waals surface area contributed by atoms with Gasteiger partial charge in [0.05, 0.1) is 10.9 Å². The molecule has 0 radical (unpaired) electrons. The number of aryl methyl sites for hydroxylation is 2. The summed E-state index contributed by atoms with van der Waals surface area (Å²) >= 11 is 1.36. The van der Waals surface area contributed by atoms with Crippen LogP contribution in [-0.4, -0.2) is 37.9 Å². The van der Waals surface area contributed by atoms with Crippen molar-refractivity contribution < 1.29 is 4.79 Å². The average molecular weight is 319 g/mol. The second kappa shape index (κ2) is 7.40. The molecule has 22 heavy (non-hydrogen) atoms. The Morgan fingerprint density at radius 1 is 1.41 bits per heavy atom. The van der Waals surface area contributed by atoms with Crippen molar-refractivity contribution in [2.75, 3.05) is 6.54 Å². The first-order valence-corrected chi connectivity index (χ1v) is 8.21. The summed E-state index contributed by atoms with van der Waals surface area (Å²) in [6.45, 7) is 8.64. The number of nitrogens with zero attached hydrogens (tertiary/aromatic N) is 4. The lowest BCUT2D eigenvalue weighted by Crippen LogP contribution is -2.31. The topological polar surface area (TPSA) is 72.7 Å². The summed E-state index contributed by atoms with van der Waals surface area (Å²) in [5, 5.41) is 15.1. The van der Waals surface area contributed by atoms with E-state index in [-0.39, 0.29) is 11.2 Å². The fourth-order valence-electron chi connectivity index (χ4n) is 2.05. The zero-order valence-electron chi connectivity index (χ0n) is 13.3. The predicted molar refractivity (Wildman–Crippen MR) is 87.2 cm³/mol. The number of hydrogen-bond acceptors (Lipinski definition) is 5. The van der Waals surface area contributed by atoms with Crippen LogP contribution in [-0.2, 0) is 4.79 Å². The lowest BCUT2D eigenvalue weighted by Gasteiger charge is -2.12. The van der Waals surface area contributed by atoms with Gasteiger partial charge in [-0.1, -0.05) is 36.4 Å². The molecule has 1 amide bonds. The molecule has 118 valence electrons. The number of benzene rings is 1. The third kappa shape index (κ3) is 3.85. The molecule has 0 aliphatic carbocycles. The van der Waals surface area contributed by atoms with Crippen LogP contribution in [0.2, 0.25) is 0 Å². The van der Waals surface area contributed by atoms with Crippen LogP contribution in [0, 0.1) is 13.8 Å². The Morgan fingerprint density at radius 2 is 2.18 bits per heavy atom. The van der Waals surface area contributed by atoms with Crippen LogP contribution < -0.4 is 5.32 Å². The first-order chi connectivity index (χ1) is 10.5. The van der Waals surface area contributed by atoms with Gasteiger partial charge in [0, 0.05) is 6.54 Å². The Balaban J connectivity index is 2.17. The highest BCUT2D eigenvalue weighted by atomic mass is 32.2. The maximum Gasteiger partial charge on any atom is 0.233 e. The largest absolute Gasteiger partial charge is 0.355 e. The number of hydrogen-bond donors (Lipinski definition) is 1. The minimum Gasteiger partial charge on any atom is -0.355 e. The molecule has 1 aromatic carbocycles. The molecule has 1 atom stereocenters. The minimum atomic E-state index is -0.248. The van der Waals surface area contributed by atoms with E-state index in [0.717, 1.165) is 17.7 Å². The van der Waals surface area contributed by atoms with Gasteiger partial charge in [0.25, 0.3) is 0 Å². The Bertz CT molecular complexity index is 655. The van der Waals surface area contributed by atoms with Gasteiger partial charge in [-0.15, -0.1) is 5.10 Å². The maximum absolute atomic E-state index is 12.0. The molecule has 1 N–H and O–H groups in total. The zero-order valence-corrected chi connectivity index (χ0v) is 14.1. The number of rotatable bonds is 6. The number of thioether (sulfide) groups is 1. The molecule has 7 heteroatoms. The van der Waals surface area contributed by atoms with E-state index in [1.54, 1.807) is 4.68 Å². The molecule has 0 bridgehead atoms. The highest BCUT2D eigenvalue weighted by molar-refractivity contribution is 8.00. The third-order valence-corrected chi connectivity index (χ3v) is 4.26. The van der Waals surface area contributed by atoms with Crippen LogP contribution in [0.25, 0.3) is 5.69 Å². The minimum absolute atomic E-state index is 0.00188. The fraction of sp³-hybridized carbons (Fsp3) is 0.467. The van der Waals surface area contributed by atoms with Crippen LogP contribution in [0.4, 0.5) is 0 Å². The number of aromatic nitrogens is 4. The van der Waals surface area contributed by atoms with Gasteiger partial charge in [-0.2, -0.15) is 4.68 Å². The van der Waals surface area contributed by atoms with Crippen LogP contribution in [0.5, 0.6) is 0 Å². The molecular weight excluding hydrogens is 298 g/mol. The predicted octanol–water partition coefficient (Wildman–Crippen LogP) is 2.29. The van der Waals surface area contributed by atoms with Crippen LogP contribution >= 0.6 is 11.8 Å². The average Bonchev–Trinajstić information content (AvgIpc) is 2.92. The van der Waals surface area contributed by atoms with Crippen molar-refractivity contribution in [3.05, 3.63) is 29.3 Å². The normalized spacial score (nSPS) is 12.2. The summed E-state index contributed by atoms with van der Waals surface area (Å²) in [5.41, 5.74) is 3.22. The quantitative estimate of drug-likeness (QED) is 0.827. The lowest BCUT2D eigenvalue weighted by molar-refractivity contribution is -0.120. The van der Waals surface area contributed by atoms with Gasteiger partial charge in [-0.25, -0.2) is 0 Å². The monoisotopic (exact) mass is 319 g/mol. The Morgan fingerprint density at radius 3 is 2.86 bits per heavy atom. The number of nitrogens with one attached hydrogen (secondary N) is 1. The number of amides is 1. The second-order valence-corrected chi connectivity index (χ2v) is 6.52. The van der Waals surface area contributed by atoms with Crippen molar-refractivity contribution in [2.24, 2.45) is 0 Å². The van der Waals surface area contributed by atoms with E-state index in [9.17, 15) is 4.79 Å². The van der Waals surface area contributed by atoms with Crippen LogP contribution in [0.15, 0.2) is 23.4 Å². The van der Waals surface area contributed by atoms with Crippen molar-refractivity contribution in [3.8, 4) is 5.69 Å². The van der Waals surface area contributed by atoms with Crippen molar-refractivity contribution in [1.82, 2.24) is 25.5 Å². The summed E-state index contributed by atoms with van der Waals surface area (Å²) in [5.74, 6) is 0.00188. The van der Waals surface area contributed by atoms with Gasteiger partial charge in [-0.05, 0) is 49.2 Å².